The van der Waals surface area contributed by atoms with Crippen LogP contribution in [0.5, 0.6) is 0 Å². The van der Waals surface area contributed by atoms with Gasteiger partial charge in [-0.3, -0.25) is 4.79 Å². The summed E-state index contributed by atoms with van der Waals surface area (Å²) in [5, 5.41) is 9.93. The predicted molar refractivity (Wildman–Crippen MR) is 71.0 cm³/mol. The first kappa shape index (κ1) is 15.0. The predicted octanol–water partition coefficient (Wildman–Crippen LogP) is 3.39. The van der Waals surface area contributed by atoms with Gasteiger partial charge in [-0.25, -0.2) is 0 Å². The summed E-state index contributed by atoms with van der Waals surface area (Å²) in [5.41, 5.74) is 1.17. The summed E-state index contributed by atoms with van der Waals surface area (Å²) in [6.45, 7) is 3.63. The molecule has 0 spiro atoms. The van der Waals surface area contributed by atoms with Crippen LogP contribution < -0.4 is 0 Å². The van der Waals surface area contributed by atoms with E-state index in [1.807, 2.05) is 36.4 Å². The minimum Gasteiger partial charge on any atom is -0.428 e. The van der Waals surface area contributed by atoms with E-state index in [9.17, 15) is 14.7 Å². The smallest absolute Gasteiger partial charge is 0.428 e. The lowest BCUT2D eigenvalue weighted by atomic mass is 9.97. The highest BCUT2D eigenvalue weighted by molar-refractivity contribution is 5.79. The Balaban J connectivity index is 0.000000200. The van der Waals surface area contributed by atoms with Crippen LogP contribution in [-0.4, -0.2) is 18.0 Å². The molecule has 0 amide bonds. The first-order chi connectivity index (χ1) is 9.11. The molecule has 2 rings (SSSR count). The third-order valence-corrected chi connectivity index (χ3v) is 2.74. The van der Waals surface area contributed by atoms with Gasteiger partial charge in [0.25, 0.3) is 0 Å². The lowest BCUT2D eigenvalue weighted by Crippen LogP contribution is -2.24. The number of hydrogen-bond donors (Lipinski definition) is 0. The van der Waals surface area contributed by atoms with Gasteiger partial charge in [-0.1, -0.05) is 43.0 Å². The number of benzene rings is 1. The zero-order valence-corrected chi connectivity index (χ0v) is 10.7. The van der Waals surface area contributed by atoms with Crippen molar-refractivity contribution in [2.75, 3.05) is 0 Å². The van der Waals surface area contributed by atoms with Crippen molar-refractivity contribution in [1.82, 2.24) is 0 Å². The van der Waals surface area contributed by atoms with Crippen LogP contribution in [0.1, 0.15) is 31.2 Å². The van der Waals surface area contributed by atoms with Gasteiger partial charge < -0.3 is 4.74 Å². The number of carbonyl (C=O) groups is 2. The average molecular weight is 261 g/mol. The largest absolute Gasteiger partial charge is 0.550 e. The maximum Gasteiger partial charge on any atom is 0.550 e. The van der Waals surface area contributed by atoms with Crippen molar-refractivity contribution in [2.24, 2.45) is 0 Å². The molecule has 0 bridgehead atoms. The van der Waals surface area contributed by atoms with Crippen LogP contribution in [0.2, 0.25) is 0 Å². The number of rotatable bonds is 2. The molecule has 1 fully saturated rings. The molecular weight excluding hydrogens is 244 g/mol. The molecule has 0 aliphatic heterocycles. The van der Waals surface area contributed by atoms with Crippen molar-refractivity contribution in [2.45, 2.75) is 31.8 Å². The summed E-state index contributed by atoms with van der Waals surface area (Å²) in [6.07, 6.45) is 1.96. The minimum absolute atomic E-state index is 0.0718. The van der Waals surface area contributed by atoms with Crippen LogP contribution in [-0.2, 0) is 14.6 Å². The Hall–Kier alpha value is -2.10. The molecule has 1 aromatic rings. The third-order valence-electron chi connectivity index (χ3n) is 2.74. The van der Waals surface area contributed by atoms with Crippen molar-refractivity contribution in [3.8, 4) is 0 Å². The Bertz CT molecular complexity index is 423. The van der Waals surface area contributed by atoms with E-state index in [1.165, 1.54) is 5.56 Å². The lowest BCUT2D eigenvalue weighted by Gasteiger charge is -2.18. The maximum atomic E-state index is 10.8. The monoisotopic (exact) mass is 261 g/mol. The van der Waals surface area contributed by atoms with E-state index in [0.29, 0.717) is 12.8 Å². The Morgan fingerprint density at radius 2 is 2.00 bits per heavy atom. The summed E-state index contributed by atoms with van der Waals surface area (Å²) in [4.78, 5) is 20.7. The number of hydrogen-bond acceptors (Lipinski definition) is 3. The maximum absolute atomic E-state index is 10.8. The van der Waals surface area contributed by atoms with Gasteiger partial charge >= 0.3 is 6.16 Å². The first-order valence-electron chi connectivity index (χ1n) is 6.18. The highest BCUT2D eigenvalue weighted by atomic mass is 16.7. The number of carbonyl (C=O) groups excluding carboxylic acids is 2. The second kappa shape index (κ2) is 8.08. The summed E-state index contributed by atoms with van der Waals surface area (Å²) < 4.78 is 4.35. The molecule has 4 nitrogen and oxygen atoms in total. The van der Waals surface area contributed by atoms with Crippen molar-refractivity contribution in [3.63, 3.8) is 0 Å². The Morgan fingerprint density at radius 1 is 1.32 bits per heavy atom. The molecule has 0 saturated heterocycles. The molecule has 0 heterocycles. The minimum atomic E-state index is -1.54. The van der Waals surface area contributed by atoms with Crippen molar-refractivity contribution in [1.29, 1.82) is 0 Å². The summed E-state index contributed by atoms with van der Waals surface area (Å²) in [6, 6.07) is 10.0. The topological polar surface area (TPSA) is 63.3 Å². The summed E-state index contributed by atoms with van der Waals surface area (Å²) >= 11 is 0. The van der Waals surface area contributed by atoms with E-state index < -0.39 is 12.3 Å². The van der Waals surface area contributed by atoms with Gasteiger partial charge in [0.15, 0.2) is 0 Å². The highest BCUT2D eigenvalue weighted by Gasteiger charge is 2.22. The van der Waals surface area contributed by atoms with Crippen LogP contribution in [0.3, 0.4) is 0 Å². The standard InChI is InChI=1S/C8H8.C7H9O4/c1-2-8-6-4-3-5-7-8;8-5-2-1-3-6(4-5)11-7(9)10/h2-7H,1H2;6H,1-4H2. The molecule has 1 aliphatic rings. The van der Waals surface area contributed by atoms with Crippen LogP contribution >= 0.6 is 0 Å². The van der Waals surface area contributed by atoms with Gasteiger partial charge in [0.2, 0.25) is 0 Å². The van der Waals surface area contributed by atoms with E-state index in [2.05, 4.69) is 11.3 Å². The first-order valence-corrected chi connectivity index (χ1v) is 6.18. The Kier molecular flexibility index (Phi) is 6.36. The summed E-state index contributed by atoms with van der Waals surface area (Å²) in [7, 11) is 0. The van der Waals surface area contributed by atoms with Crippen LogP contribution in [0, 0.1) is 0 Å². The van der Waals surface area contributed by atoms with Gasteiger partial charge in [-0.15, -0.1) is 0 Å². The van der Waals surface area contributed by atoms with E-state index in [1.54, 1.807) is 0 Å². The molecule has 0 aromatic heterocycles. The van der Waals surface area contributed by atoms with Gasteiger partial charge in [0.1, 0.15) is 11.9 Å². The second-order valence-corrected chi connectivity index (χ2v) is 4.24. The van der Waals surface area contributed by atoms with E-state index in [4.69, 9.17) is 0 Å². The molecule has 1 unspecified atom stereocenters. The Labute approximate surface area is 112 Å². The van der Waals surface area contributed by atoms with Gasteiger partial charge in [-0.05, 0) is 18.4 Å². The number of ether oxygens (including phenoxy) is 1. The molecule has 1 atom stereocenters. The molecule has 101 valence electrons. The van der Waals surface area contributed by atoms with Crippen molar-refractivity contribution >= 4 is 18.0 Å². The van der Waals surface area contributed by atoms with Crippen molar-refractivity contribution < 1.29 is 19.4 Å². The van der Waals surface area contributed by atoms with Gasteiger partial charge in [-0.2, -0.15) is 9.90 Å². The average Bonchev–Trinajstić information content (AvgIpc) is 2.40. The zero-order valence-electron chi connectivity index (χ0n) is 10.7. The van der Waals surface area contributed by atoms with Crippen LogP contribution in [0.4, 0.5) is 4.79 Å². The SMILES string of the molecule is C=Cc1ccccc1.[O]C(=O)OC1CCCC(=O)C1. The highest BCUT2D eigenvalue weighted by Crippen LogP contribution is 2.17. The summed E-state index contributed by atoms with van der Waals surface area (Å²) in [5.74, 6) is 0.0718. The molecule has 1 saturated carbocycles. The lowest BCUT2D eigenvalue weighted by molar-refractivity contribution is -0.123. The quantitative estimate of drug-likeness (QED) is 0.766. The normalized spacial score (nSPS) is 17.9. The number of ketones is 1. The van der Waals surface area contributed by atoms with Gasteiger partial charge in [0, 0.05) is 12.8 Å². The molecule has 1 aliphatic carbocycles. The number of Topliss-reactive ketones (excluding diaryl/α,β-unsaturated/α-hetero) is 1. The van der Waals surface area contributed by atoms with Crippen LogP contribution in [0.25, 0.3) is 6.08 Å². The molecule has 19 heavy (non-hydrogen) atoms. The molecule has 1 aromatic carbocycles. The fraction of sp³-hybridized carbons (Fsp3) is 0.333. The van der Waals surface area contributed by atoms with Crippen LogP contribution in [0.15, 0.2) is 36.9 Å². The molecule has 0 N–H and O–H groups in total. The third kappa shape index (κ3) is 6.41. The van der Waals surface area contributed by atoms with E-state index in [-0.39, 0.29) is 12.2 Å². The Morgan fingerprint density at radius 3 is 2.47 bits per heavy atom. The molecule has 4 heteroatoms. The van der Waals surface area contributed by atoms with E-state index >= 15 is 0 Å². The fourth-order valence-electron chi connectivity index (χ4n) is 1.81. The zero-order chi connectivity index (χ0) is 14.1. The van der Waals surface area contributed by atoms with Crippen molar-refractivity contribution in [3.05, 3.63) is 42.5 Å². The second-order valence-electron chi connectivity index (χ2n) is 4.24. The van der Waals surface area contributed by atoms with E-state index in [0.717, 1.165) is 6.42 Å². The fourth-order valence-corrected chi connectivity index (χ4v) is 1.81. The molecule has 1 radical (unpaired) electrons. The van der Waals surface area contributed by atoms with Gasteiger partial charge in [0.05, 0.1) is 0 Å². The molecular formula is C15H17O4.